The number of nitrogens with two attached hydrogens (primary N) is 1. The lowest BCUT2D eigenvalue weighted by atomic mass is 9.92. The number of nitrogens with zero attached hydrogens (tertiary/aromatic N) is 1. The first-order valence-corrected chi connectivity index (χ1v) is 7.53. The Bertz CT molecular complexity index is 231. The van der Waals surface area contributed by atoms with Crippen molar-refractivity contribution in [3.05, 3.63) is 0 Å². The van der Waals surface area contributed by atoms with Crippen molar-refractivity contribution >= 4 is 11.8 Å². The molecule has 0 aromatic carbocycles. The first kappa shape index (κ1) is 12.7. The molecule has 2 rings (SSSR count). The Morgan fingerprint density at radius 2 is 2.38 bits per heavy atom. The van der Waals surface area contributed by atoms with E-state index in [4.69, 9.17) is 10.5 Å². The van der Waals surface area contributed by atoms with Gasteiger partial charge in [0.15, 0.2) is 0 Å². The van der Waals surface area contributed by atoms with Crippen molar-refractivity contribution in [1.29, 1.82) is 0 Å². The predicted molar refractivity (Wildman–Crippen MR) is 69.9 cm³/mol. The van der Waals surface area contributed by atoms with E-state index in [1.807, 2.05) is 0 Å². The van der Waals surface area contributed by atoms with E-state index in [-0.39, 0.29) is 5.54 Å². The maximum atomic E-state index is 6.07. The number of hydrogen-bond donors (Lipinski definition) is 1. The molecule has 16 heavy (non-hydrogen) atoms. The summed E-state index contributed by atoms with van der Waals surface area (Å²) in [5.74, 6) is 2.46. The molecule has 0 aromatic heterocycles. The third-order valence-electron chi connectivity index (χ3n) is 4.01. The van der Waals surface area contributed by atoms with Crippen LogP contribution in [-0.2, 0) is 4.74 Å². The molecule has 94 valence electrons. The van der Waals surface area contributed by atoms with Gasteiger partial charge in [-0.25, -0.2) is 0 Å². The Kier molecular flexibility index (Phi) is 4.16. The third-order valence-corrected chi connectivity index (χ3v) is 5.24. The minimum absolute atomic E-state index is 0.253. The van der Waals surface area contributed by atoms with Crippen LogP contribution in [0.3, 0.4) is 0 Å². The largest absolute Gasteiger partial charge is 0.376 e. The lowest BCUT2D eigenvalue weighted by molar-refractivity contribution is -0.0926. The van der Waals surface area contributed by atoms with E-state index >= 15 is 0 Å². The Morgan fingerprint density at radius 1 is 1.56 bits per heavy atom. The van der Waals surface area contributed by atoms with E-state index in [9.17, 15) is 0 Å². The van der Waals surface area contributed by atoms with Crippen molar-refractivity contribution in [2.45, 2.75) is 44.4 Å². The summed E-state index contributed by atoms with van der Waals surface area (Å²) >= 11 is 2.05. The number of ether oxygens (including phenoxy) is 1. The average Bonchev–Trinajstić information content (AvgIpc) is 2.78. The molecule has 2 saturated heterocycles. The van der Waals surface area contributed by atoms with E-state index in [1.54, 1.807) is 0 Å². The van der Waals surface area contributed by atoms with Crippen LogP contribution in [0.1, 0.15) is 26.7 Å². The maximum Gasteiger partial charge on any atom is 0.0675 e. The van der Waals surface area contributed by atoms with Gasteiger partial charge in [0.05, 0.1) is 12.7 Å². The van der Waals surface area contributed by atoms with E-state index in [2.05, 4.69) is 30.5 Å². The van der Waals surface area contributed by atoms with Crippen LogP contribution in [0.25, 0.3) is 0 Å². The normalized spacial score (nSPS) is 41.4. The molecule has 3 nitrogen and oxygen atoms in total. The highest BCUT2D eigenvalue weighted by Crippen LogP contribution is 2.36. The van der Waals surface area contributed by atoms with Crippen LogP contribution in [0.15, 0.2) is 0 Å². The molecule has 3 unspecified atom stereocenters. The van der Waals surface area contributed by atoms with E-state index in [0.717, 1.165) is 19.7 Å². The molecule has 0 spiro atoms. The van der Waals surface area contributed by atoms with E-state index in [0.29, 0.717) is 12.1 Å². The third kappa shape index (κ3) is 2.26. The van der Waals surface area contributed by atoms with Gasteiger partial charge < -0.3 is 10.5 Å². The lowest BCUT2D eigenvalue weighted by Gasteiger charge is -2.48. The molecule has 3 atom stereocenters. The van der Waals surface area contributed by atoms with Gasteiger partial charge in [-0.15, -0.1) is 0 Å². The standard InChI is InChI=1S/C12H24N2OS/c1-3-11-7-15-10(2)6-14(11)12(8-13)4-5-16-9-12/h10-11H,3-9,13H2,1-2H3. The number of thioether (sulfide) groups is 1. The fraction of sp³-hybridized carbons (Fsp3) is 1.00. The van der Waals surface area contributed by atoms with Crippen LogP contribution in [0.4, 0.5) is 0 Å². The van der Waals surface area contributed by atoms with Gasteiger partial charge in [0.25, 0.3) is 0 Å². The number of rotatable bonds is 3. The van der Waals surface area contributed by atoms with Crippen LogP contribution in [0.5, 0.6) is 0 Å². The Hall–Kier alpha value is 0.230. The van der Waals surface area contributed by atoms with Crippen molar-refractivity contribution < 1.29 is 4.74 Å². The van der Waals surface area contributed by atoms with E-state index < -0.39 is 0 Å². The van der Waals surface area contributed by atoms with Crippen molar-refractivity contribution in [2.75, 3.05) is 31.2 Å². The summed E-state index contributed by atoms with van der Waals surface area (Å²) in [4.78, 5) is 2.65. The first-order chi connectivity index (χ1) is 7.72. The minimum atomic E-state index is 0.253. The second-order valence-corrected chi connectivity index (χ2v) is 6.19. The Labute approximate surface area is 103 Å². The summed E-state index contributed by atoms with van der Waals surface area (Å²) in [6, 6.07) is 0.568. The lowest BCUT2D eigenvalue weighted by Crippen LogP contribution is -2.63. The number of hydrogen-bond acceptors (Lipinski definition) is 4. The highest BCUT2D eigenvalue weighted by molar-refractivity contribution is 7.99. The molecule has 2 N–H and O–H groups in total. The molecule has 2 aliphatic rings. The predicted octanol–water partition coefficient (Wildman–Crippen LogP) is 1.32. The average molecular weight is 244 g/mol. The zero-order valence-electron chi connectivity index (χ0n) is 10.4. The van der Waals surface area contributed by atoms with Gasteiger partial charge in [0.1, 0.15) is 0 Å². The molecule has 2 fully saturated rings. The molecule has 0 amide bonds. The molecule has 4 heteroatoms. The summed E-state index contributed by atoms with van der Waals surface area (Å²) in [7, 11) is 0. The molecular formula is C12H24N2OS. The topological polar surface area (TPSA) is 38.5 Å². The van der Waals surface area contributed by atoms with Crippen LogP contribution in [0.2, 0.25) is 0 Å². The van der Waals surface area contributed by atoms with Gasteiger partial charge >= 0.3 is 0 Å². The van der Waals surface area contributed by atoms with Crippen molar-refractivity contribution in [3.63, 3.8) is 0 Å². The second-order valence-electron chi connectivity index (χ2n) is 5.09. The molecule has 2 heterocycles. The summed E-state index contributed by atoms with van der Waals surface area (Å²) in [5.41, 5.74) is 6.32. The Morgan fingerprint density at radius 3 is 2.94 bits per heavy atom. The van der Waals surface area contributed by atoms with Crippen LogP contribution < -0.4 is 5.73 Å². The molecule has 0 aromatic rings. The Balaban J connectivity index is 2.13. The molecule has 0 bridgehead atoms. The zero-order valence-corrected chi connectivity index (χ0v) is 11.3. The van der Waals surface area contributed by atoms with E-state index in [1.165, 1.54) is 24.3 Å². The van der Waals surface area contributed by atoms with Crippen molar-refractivity contribution in [1.82, 2.24) is 4.90 Å². The van der Waals surface area contributed by atoms with Gasteiger partial charge in [-0.2, -0.15) is 11.8 Å². The van der Waals surface area contributed by atoms with Gasteiger partial charge in [-0.05, 0) is 25.5 Å². The van der Waals surface area contributed by atoms with Crippen LogP contribution in [-0.4, -0.2) is 53.8 Å². The summed E-state index contributed by atoms with van der Waals surface area (Å²) in [5, 5.41) is 0. The van der Waals surface area contributed by atoms with Gasteiger partial charge in [-0.3, -0.25) is 4.90 Å². The monoisotopic (exact) mass is 244 g/mol. The van der Waals surface area contributed by atoms with Crippen molar-refractivity contribution in [2.24, 2.45) is 5.73 Å². The maximum absolute atomic E-state index is 6.07. The molecule has 0 aliphatic carbocycles. The van der Waals surface area contributed by atoms with Crippen LogP contribution >= 0.6 is 11.8 Å². The highest BCUT2D eigenvalue weighted by Gasteiger charge is 2.43. The minimum Gasteiger partial charge on any atom is -0.376 e. The zero-order chi connectivity index (χ0) is 11.6. The van der Waals surface area contributed by atoms with Gasteiger partial charge in [0.2, 0.25) is 0 Å². The molecule has 0 saturated carbocycles. The quantitative estimate of drug-likeness (QED) is 0.812. The summed E-state index contributed by atoms with van der Waals surface area (Å²) in [6.45, 7) is 7.15. The summed E-state index contributed by atoms with van der Waals surface area (Å²) in [6.07, 6.45) is 2.77. The first-order valence-electron chi connectivity index (χ1n) is 6.38. The smallest absolute Gasteiger partial charge is 0.0675 e. The molecular weight excluding hydrogens is 220 g/mol. The second kappa shape index (κ2) is 5.25. The van der Waals surface area contributed by atoms with Crippen molar-refractivity contribution in [3.8, 4) is 0 Å². The van der Waals surface area contributed by atoms with Crippen LogP contribution in [0, 0.1) is 0 Å². The van der Waals surface area contributed by atoms with Gasteiger partial charge in [-0.1, -0.05) is 6.92 Å². The number of morpholine rings is 1. The fourth-order valence-corrected chi connectivity index (χ4v) is 4.34. The molecule has 0 radical (unpaired) electrons. The SMILES string of the molecule is CCC1COC(C)CN1C1(CN)CCSC1. The fourth-order valence-electron chi connectivity index (χ4n) is 2.86. The molecule has 2 aliphatic heterocycles. The summed E-state index contributed by atoms with van der Waals surface area (Å²) < 4.78 is 5.77. The van der Waals surface area contributed by atoms with Gasteiger partial charge in [0, 0.05) is 30.4 Å². The highest BCUT2D eigenvalue weighted by atomic mass is 32.2.